The highest BCUT2D eigenvalue weighted by molar-refractivity contribution is 6.99. The molecule has 0 aliphatic rings. The maximum Gasteiger partial charge on any atom is 0.261 e. The van der Waals surface area contributed by atoms with Crippen molar-refractivity contribution >= 4 is 26.8 Å². The summed E-state index contributed by atoms with van der Waals surface area (Å²) in [5, 5.41) is 2.73. The Kier molecular flexibility index (Phi) is 6.48. The van der Waals surface area contributed by atoms with E-state index in [1.807, 2.05) is 0 Å². The van der Waals surface area contributed by atoms with Crippen molar-refractivity contribution < 1.29 is 4.43 Å². The van der Waals surface area contributed by atoms with E-state index < -0.39 is 16.4 Å². The first-order valence-electron chi connectivity index (χ1n) is 9.50. The van der Waals surface area contributed by atoms with Crippen LogP contribution in [0.3, 0.4) is 0 Å². The highest BCUT2D eigenvalue weighted by atomic mass is 28.4. The van der Waals surface area contributed by atoms with Gasteiger partial charge in [0.15, 0.2) is 0 Å². The Morgan fingerprint density at radius 3 is 1.62 bits per heavy atom. The van der Waals surface area contributed by atoms with Gasteiger partial charge in [0.2, 0.25) is 0 Å². The van der Waals surface area contributed by atoms with E-state index in [1.165, 1.54) is 15.9 Å². The molecule has 3 heteroatoms. The minimum absolute atomic E-state index is 0.0369. The van der Waals surface area contributed by atoms with Crippen molar-refractivity contribution in [1.29, 1.82) is 0 Å². The van der Waals surface area contributed by atoms with Crippen LogP contribution in [0, 0.1) is 0 Å². The van der Waals surface area contributed by atoms with Crippen LogP contribution in [0.2, 0.25) is 24.7 Å². The Bertz CT molecular complexity index is 683. The molecule has 2 aromatic carbocycles. The lowest BCUT2D eigenvalue weighted by Gasteiger charge is -2.43. The molecule has 0 amide bonds. The van der Waals surface area contributed by atoms with Crippen LogP contribution >= 0.6 is 0 Å². The third-order valence-corrected chi connectivity index (χ3v) is 11.0. The van der Waals surface area contributed by atoms with Crippen LogP contribution in [0.1, 0.15) is 27.7 Å². The quantitative estimate of drug-likeness (QED) is 0.609. The van der Waals surface area contributed by atoms with Crippen molar-refractivity contribution in [3.05, 3.63) is 71.9 Å². The van der Waals surface area contributed by atoms with Gasteiger partial charge in [0.1, 0.15) is 0 Å². The van der Waals surface area contributed by atoms with E-state index in [1.54, 1.807) is 0 Å². The van der Waals surface area contributed by atoms with Crippen LogP contribution in [0.25, 0.3) is 0 Å². The largest absolute Gasteiger partial charge is 0.403 e. The molecule has 0 aliphatic heterocycles. The first kappa shape index (κ1) is 20.9. The minimum Gasteiger partial charge on any atom is -0.403 e. The first-order chi connectivity index (χ1) is 12.1. The van der Waals surface area contributed by atoms with E-state index in [0.717, 1.165) is 0 Å². The van der Waals surface area contributed by atoms with E-state index in [0.29, 0.717) is 6.61 Å². The lowest BCUT2D eigenvalue weighted by Crippen LogP contribution is -2.66. The summed E-state index contributed by atoms with van der Waals surface area (Å²) in [7, 11) is -3.66. The normalized spacial score (nSPS) is 13.7. The molecule has 0 spiro atoms. The second-order valence-corrected chi connectivity index (χ2v) is 18.6. The van der Waals surface area contributed by atoms with Gasteiger partial charge in [0, 0.05) is 0 Å². The Morgan fingerprint density at radius 1 is 0.846 bits per heavy atom. The smallest absolute Gasteiger partial charge is 0.261 e. The highest BCUT2D eigenvalue weighted by Crippen LogP contribution is 2.37. The Balaban J connectivity index is 2.56. The molecule has 0 aliphatic carbocycles. The van der Waals surface area contributed by atoms with Crippen molar-refractivity contribution in [1.82, 2.24) is 0 Å². The second-order valence-electron chi connectivity index (χ2n) is 9.31. The summed E-state index contributed by atoms with van der Waals surface area (Å²) in [4.78, 5) is 0. The average Bonchev–Trinajstić information content (AvgIpc) is 2.54. The summed E-state index contributed by atoms with van der Waals surface area (Å²) in [5.74, 6) is 0. The summed E-state index contributed by atoms with van der Waals surface area (Å²) in [6, 6.07) is 21.7. The highest BCUT2D eigenvalue weighted by Gasteiger charge is 2.50. The van der Waals surface area contributed by atoms with E-state index in [9.17, 15) is 0 Å². The van der Waals surface area contributed by atoms with Crippen molar-refractivity contribution in [2.75, 3.05) is 6.61 Å². The molecule has 2 rings (SSSR count). The Hall–Kier alpha value is -1.43. The van der Waals surface area contributed by atoms with Crippen LogP contribution < -0.4 is 10.4 Å². The van der Waals surface area contributed by atoms with Gasteiger partial charge in [-0.3, -0.25) is 0 Å². The molecule has 1 nitrogen and oxygen atoms in total. The van der Waals surface area contributed by atoms with Crippen LogP contribution in [0.15, 0.2) is 71.9 Å². The Labute approximate surface area is 162 Å². The summed E-state index contributed by atoms with van der Waals surface area (Å²) in [6.07, 6.45) is 0. The van der Waals surface area contributed by atoms with E-state index in [2.05, 4.69) is 114 Å². The zero-order chi connectivity index (χ0) is 19.4. The molecule has 0 aromatic heterocycles. The third-order valence-electron chi connectivity index (χ3n) is 4.61. The summed E-state index contributed by atoms with van der Waals surface area (Å²) in [5.41, 5.74) is 3.82. The molecule has 0 unspecified atom stereocenters. The molecule has 0 N–H and O–H groups in total. The topological polar surface area (TPSA) is 9.23 Å². The molecule has 0 radical (unpaired) electrons. The van der Waals surface area contributed by atoms with Gasteiger partial charge in [-0.2, -0.15) is 0 Å². The molecule has 2 aromatic rings. The molecule has 0 heterocycles. The summed E-state index contributed by atoms with van der Waals surface area (Å²) in [6.45, 7) is 17.0. The summed E-state index contributed by atoms with van der Waals surface area (Å²) >= 11 is 0. The molecule has 0 bridgehead atoms. The van der Waals surface area contributed by atoms with E-state index in [-0.39, 0.29) is 5.04 Å². The van der Waals surface area contributed by atoms with Crippen molar-refractivity contribution in [3.8, 4) is 0 Å². The molecular weight excluding hydrogens is 348 g/mol. The number of rotatable bonds is 6. The van der Waals surface area contributed by atoms with Crippen LogP contribution in [0.4, 0.5) is 0 Å². The minimum atomic E-state index is -2.41. The number of hydrogen-bond donors (Lipinski definition) is 0. The van der Waals surface area contributed by atoms with Gasteiger partial charge in [-0.05, 0) is 22.3 Å². The Morgan fingerprint density at radius 2 is 1.27 bits per heavy atom. The van der Waals surface area contributed by atoms with E-state index in [4.69, 9.17) is 4.43 Å². The fraction of sp³-hybridized carbons (Fsp3) is 0.391. The standard InChI is InChI=1S/C23H34OSi2/c1-20(19-25(5,6)7)18-24-26(23(2,3)4,21-14-10-8-11-15-21)22-16-12-9-13-17-22/h8-17,19H,18H2,1-7H3/b20-19+. The van der Waals surface area contributed by atoms with Crippen LogP contribution in [0.5, 0.6) is 0 Å². The maximum absolute atomic E-state index is 6.97. The van der Waals surface area contributed by atoms with Crippen molar-refractivity contribution in [3.63, 3.8) is 0 Å². The third kappa shape index (κ3) is 4.84. The zero-order valence-electron chi connectivity index (χ0n) is 17.5. The van der Waals surface area contributed by atoms with Gasteiger partial charge < -0.3 is 4.43 Å². The van der Waals surface area contributed by atoms with E-state index >= 15 is 0 Å². The molecule has 0 atom stereocenters. The molecular formula is C23H34OSi2. The van der Waals surface area contributed by atoms with Gasteiger partial charge >= 0.3 is 0 Å². The van der Waals surface area contributed by atoms with Gasteiger partial charge in [-0.25, -0.2) is 0 Å². The fourth-order valence-electron chi connectivity index (χ4n) is 3.76. The molecule has 140 valence electrons. The number of hydrogen-bond acceptors (Lipinski definition) is 1. The average molecular weight is 383 g/mol. The predicted octanol–water partition coefficient (Wildman–Crippen LogP) is 5.39. The monoisotopic (exact) mass is 382 g/mol. The van der Waals surface area contributed by atoms with Gasteiger partial charge in [0.05, 0.1) is 14.7 Å². The maximum atomic E-state index is 6.97. The SMILES string of the molecule is C/C(=C\[Si](C)(C)C)CO[Si](c1ccccc1)(c1ccccc1)C(C)(C)C. The van der Waals surface area contributed by atoms with Crippen molar-refractivity contribution in [2.45, 2.75) is 52.4 Å². The fourth-order valence-corrected chi connectivity index (χ4v) is 9.93. The van der Waals surface area contributed by atoms with Crippen molar-refractivity contribution in [2.24, 2.45) is 0 Å². The first-order valence-corrected chi connectivity index (χ1v) is 15.0. The lowest BCUT2D eigenvalue weighted by atomic mass is 10.2. The zero-order valence-corrected chi connectivity index (χ0v) is 19.5. The van der Waals surface area contributed by atoms with Gasteiger partial charge in [-0.1, -0.05) is 112 Å². The molecule has 26 heavy (non-hydrogen) atoms. The predicted molar refractivity (Wildman–Crippen MR) is 121 cm³/mol. The summed E-state index contributed by atoms with van der Waals surface area (Å²) < 4.78 is 6.97. The second kappa shape index (κ2) is 8.07. The molecule has 0 saturated carbocycles. The van der Waals surface area contributed by atoms with Crippen LogP contribution in [-0.4, -0.2) is 23.0 Å². The van der Waals surface area contributed by atoms with Gasteiger partial charge in [-0.15, -0.1) is 0 Å². The lowest BCUT2D eigenvalue weighted by molar-refractivity contribution is 0.330. The van der Waals surface area contributed by atoms with Gasteiger partial charge in [0.25, 0.3) is 8.32 Å². The molecule has 0 saturated heterocycles. The van der Waals surface area contributed by atoms with Crippen LogP contribution in [-0.2, 0) is 4.43 Å². The molecule has 0 fully saturated rings. The number of benzene rings is 2.